The lowest BCUT2D eigenvalue weighted by Crippen LogP contribution is -2.29. The average Bonchev–Trinajstić information content (AvgIpc) is 2.68. The summed E-state index contributed by atoms with van der Waals surface area (Å²) in [6.45, 7) is 7.97. The Morgan fingerprint density at radius 2 is 1.92 bits per heavy atom. The van der Waals surface area contributed by atoms with E-state index < -0.39 is 6.16 Å². The minimum absolute atomic E-state index is 0.0252. The second-order valence-corrected chi connectivity index (χ2v) is 4.69. The molecule has 0 radical (unpaired) electrons. The standard InChI is InChI=1S/C10H18O3/c1-7(10(2,3)4)12-9(11)13-8-5-6-8/h7-8H,5-6H2,1-4H3. The zero-order valence-electron chi connectivity index (χ0n) is 8.79. The Hall–Kier alpha value is -0.730. The van der Waals surface area contributed by atoms with Crippen molar-refractivity contribution in [2.24, 2.45) is 5.41 Å². The molecular weight excluding hydrogens is 168 g/mol. The Morgan fingerprint density at radius 3 is 2.31 bits per heavy atom. The Kier molecular flexibility index (Phi) is 2.84. The molecule has 0 heterocycles. The SMILES string of the molecule is CC(OC(=O)OC1CC1)C(C)(C)C. The molecule has 1 aliphatic rings. The van der Waals surface area contributed by atoms with E-state index in [1.54, 1.807) is 0 Å². The van der Waals surface area contributed by atoms with Gasteiger partial charge in [-0.05, 0) is 25.2 Å². The molecule has 1 saturated carbocycles. The third-order valence-corrected chi connectivity index (χ3v) is 2.28. The highest BCUT2D eigenvalue weighted by molar-refractivity contribution is 5.60. The van der Waals surface area contributed by atoms with Gasteiger partial charge in [-0.25, -0.2) is 4.79 Å². The van der Waals surface area contributed by atoms with E-state index in [0.29, 0.717) is 0 Å². The zero-order chi connectivity index (χ0) is 10.1. The van der Waals surface area contributed by atoms with Crippen LogP contribution in [-0.2, 0) is 9.47 Å². The fraction of sp³-hybridized carbons (Fsp3) is 0.900. The van der Waals surface area contributed by atoms with Crippen LogP contribution in [0.2, 0.25) is 0 Å². The molecule has 1 fully saturated rings. The first kappa shape index (κ1) is 10.4. The number of hydrogen-bond donors (Lipinski definition) is 0. The second-order valence-electron chi connectivity index (χ2n) is 4.69. The molecule has 13 heavy (non-hydrogen) atoms. The Labute approximate surface area is 79.4 Å². The molecule has 1 aliphatic carbocycles. The first-order valence-electron chi connectivity index (χ1n) is 4.77. The molecule has 0 amide bonds. The smallest absolute Gasteiger partial charge is 0.431 e. The van der Waals surface area contributed by atoms with Crippen molar-refractivity contribution < 1.29 is 14.3 Å². The predicted octanol–water partition coefficient (Wildman–Crippen LogP) is 2.74. The van der Waals surface area contributed by atoms with Gasteiger partial charge in [-0.1, -0.05) is 20.8 Å². The third-order valence-electron chi connectivity index (χ3n) is 2.28. The first-order valence-corrected chi connectivity index (χ1v) is 4.77. The van der Waals surface area contributed by atoms with E-state index in [2.05, 4.69) is 0 Å². The van der Waals surface area contributed by atoms with Gasteiger partial charge >= 0.3 is 6.16 Å². The summed E-state index contributed by atoms with van der Waals surface area (Å²) in [5, 5.41) is 0. The maximum absolute atomic E-state index is 11.1. The van der Waals surface area contributed by atoms with E-state index in [9.17, 15) is 4.79 Å². The van der Waals surface area contributed by atoms with Crippen molar-refractivity contribution >= 4 is 6.16 Å². The van der Waals surface area contributed by atoms with Crippen LogP contribution in [0.15, 0.2) is 0 Å². The predicted molar refractivity (Wildman–Crippen MR) is 49.5 cm³/mol. The summed E-state index contributed by atoms with van der Waals surface area (Å²) in [6, 6.07) is 0. The van der Waals surface area contributed by atoms with Crippen LogP contribution in [-0.4, -0.2) is 18.4 Å². The molecule has 0 saturated heterocycles. The number of carbonyl (C=O) groups is 1. The second kappa shape index (κ2) is 3.56. The summed E-state index contributed by atoms with van der Waals surface area (Å²) in [5.74, 6) is 0. The van der Waals surface area contributed by atoms with E-state index in [-0.39, 0.29) is 17.6 Å². The normalized spacial score (nSPS) is 19.4. The molecule has 1 rings (SSSR count). The fourth-order valence-corrected chi connectivity index (χ4v) is 0.671. The van der Waals surface area contributed by atoms with Crippen LogP contribution in [0.4, 0.5) is 4.79 Å². The van der Waals surface area contributed by atoms with Crippen molar-refractivity contribution in [1.29, 1.82) is 0 Å². The van der Waals surface area contributed by atoms with Gasteiger partial charge in [-0.3, -0.25) is 0 Å². The molecule has 0 N–H and O–H groups in total. The van der Waals surface area contributed by atoms with Crippen molar-refractivity contribution in [3.63, 3.8) is 0 Å². The minimum atomic E-state index is -0.523. The lowest BCUT2D eigenvalue weighted by Gasteiger charge is -2.26. The van der Waals surface area contributed by atoms with Gasteiger partial charge in [0.05, 0.1) is 0 Å². The summed E-state index contributed by atoms with van der Waals surface area (Å²) in [7, 11) is 0. The molecule has 3 nitrogen and oxygen atoms in total. The van der Waals surface area contributed by atoms with E-state index in [0.717, 1.165) is 12.8 Å². The molecule has 0 aliphatic heterocycles. The molecular formula is C10H18O3. The highest BCUT2D eigenvalue weighted by Gasteiger charge is 2.29. The van der Waals surface area contributed by atoms with Crippen LogP contribution in [0.25, 0.3) is 0 Å². The van der Waals surface area contributed by atoms with Gasteiger partial charge < -0.3 is 9.47 Å². The largest absolute Gasteiger partial charge is 0.508 e. The molecule has 0 spiro atoms. The van der Waals surface area contributed by atoms with Gasteiger partial charge in [0.25, 0.3) is 0 Å². The molecule has 0 aromatic heterocycles. The summed E-state index contributed by atoms with van der Waals surface area (Å²) >= 11 is 0. The van der Waals surface area contributed by atoms with Crippen molar-refractivity contribution in [1.82, 2.24) is 0 Å². The number of hydrogen-bond acceptors (Lipinski definition) is 3. The highest BCUT2D eigenvalue weighted by atomic mass is 16.7. The molecule has 0 aromatic rings. The fourth-order valence-electron chi connectivity index (χ4n) is 0.671. The van der Waals surface area contributed by atoms with Gasteiger partial charge in [-0.2, -0.15) is 0 Å². The Balaban J connectivity index is 2.25. The highest BCUT2D eigenvalue weighted by Crippen LogP contribution is 2.26. The Bertz CT molecular complexity index is 189. The number of carbonyl (C=O) groups excluding carboxylic acids is 1. The monoisotopic (exact) mass is 186 g/mol. The van der Waals surface area contributed by atoms with Crippen LogP contribution in [0.3, 0.4) is 0 Å². The maximum Gasteiger partial charge on any atom is 0.508 e. The minimum Gasteiger partial charge on any atom is -0.431 e. The van der Waals surface area contributed by atoms with E-state index in [1.807, 2.05) is 27.7 Å². The summed E-state index contributed by atoms with van der Waals surface area (Å²) in [4.78, 5) is 11.1. The summed E-state index contributed by atoms with van der Waals surface area (Å²) in [6.07, 6.45) is 1.46. The quantitative estimate of drug-likeness (QED) is 0.622. The lowest BCUT2D eigenvalue weighted by molar-refractivity contribution is -0.0117. The van der Waals surface area contributed by atoms with E-state index in [4.69, 9.17) is 9.47 Å². The van der Waals surface area contributed by atoms with Crippen molar-refractivity contribution in [2.45, 2.75) is 52.7 Å². The van der Waals surface area contributed by atoms with Gasteiger partial charge in [0.1, 0.15) is 12.2 Å². The maximum atomic E-state index is 11.1. The summed E-state index contributed by atoms with van der Waals surface area (Å²) < 4.78 is 10.1. The van der Waals surface area contributed by atoms with E-state index in [1.165, 1.54) is 0 Å². The van der Waals surface area contributed by atoms with Crippen LogP contribution >= 0.6 is 0 Å². The first-order chi connectivity index (χ1) is 5.89. The van der Waals surface area contributed by atoms with Crippen molar-refractivity contribution in [3.8, 4) is 0 Å². The molecule has 1 atom stereocenters. The lowest BCUT2D eigenvalue weighted by atomic mass is 9.90. The van der Waals surface area contributed by atoms with E-state index >= 15 is 0 Å². The Morgan fingerprint density at radius 1 is 1.38 bits per heavy atom. The van der Waals surface area contributed by atoms with Crippen LogP contribution in [0.5, 0.6) is 0 Å². The molecule has 3 heteroatoms. The van der Waals surface area contributed by atoms with Crippen LogP contribution in [0, 0.1) is 5.41 Å². The molecule has 1 unspecified atom stereocenters. The molecule has 76 valence electrons. The molecule has 0 bridgehead atoms. The third kappa shape index (κ3) is 3.66. The topological polar surface area (TPSA) is 35.5 Å². The van der Waals surface area contributed by atoms with Crippen LogP contribution in [0.1, 0.15) is 40.5 Å². The van der Waals surface area contributed by atoms with Crippen molar-refractivity contribution in [3.05, 3.63) is 0 Å². The van der Waals surface area contributed by atoms with Gasteiger partial charge in [0, 0.05) is 0 Å². The van der Waals surface area contributed by atoms with Gasteiger partial charge in [0.15, 0.2) is 0 Å². The summed E-state index contributed by atoms with van der Waals surface area (Å²) in [5.41, 5.74) is -0.0252. The van der Waals surface area contributed by atoms with Gasteiger partial charge in [-0.15, -0.1) is 0 Å². The van der Waals surface area contributed by atoms with Crippen LogP contribution < -0.4 is 0 Å². The number of rotatable bonds is 2. The van der Waals surface area contributed by atoms with Crippen molar-refractivity contribution in [2.75, 3.05) is 0 Å². The van der Waals surface area contributed by atoms with Gasteiger partial charge in [0.2, 0.25) is 0 Å². The number of ether oxygens (including phenoxy) is 2. The molecule has 0 aromatic carbocycles. The zero-order valence-corrected chi connectivity index (χ0v) is 8.79. The average molecular weight is 186 g/mol.